The Hall–Kier alpha value is -7.42. The van der Waals surface area contributed by atoms with Gasteiger partial charge >= 0.3 is 6.18 Å². The van der Waals surface area contributed by atoms with E-state index in [4.69, 9.17) is 43.1 Å². The molecule has 9 rings (SSSR count). The molecule has 6 atom stereocenters. The van der Waals surface area contributed by atoms with Crippen LogP contribution >= 0.6 is 23.2 Å². The van der Waals surface area contributed by atoms with Crippen molar-refractivity contribution in [1.29, 1.82) is 0 Å². The van der Waals surface area contributed by atoms with E-state index in [0.29, 0.717) is 47.0 Å². The Morgan fingerprint density at radius 1 is 1.00 bits per heavy atom. The van der Waals surface area contributed by atoms with E-state index < -0.39 is 113 Å². The first-order chi connectivity index (χ1) is 37.1. The van der Waals surface area contributed by atoms with Crippen molar-refractivity contribution >= 4 is 75.8 Å². The molecule has 4 aromatic carbocycles. The summed E-state index contributed by atoms with van der Waals surface area (Å²) in [7, 11) is 1.39. The highest BCUT2D eigenvalue weighted by Gasteiger charge is 2.50. The SMILES string of the molecule is CC(N)=NC(=Nc1cc(Cl)ccc1C(F)(F)F)[C@@H]1O[C@H](CO)[C@H](O)[C@H](n2cc(-c3cc(F)c(Cl)c(F)c3)nn2)[C@H]1OCC(=O)NC1CC(Oc2ccc(C(=O)Nc3ccc4c(c3)CN(C3CCC(=O)N(C)C3=O)C4=O)cc2)C1. The van der Waals surface area contributed by atoms with Crippen molar-refractivity contribution in [2.75, 3.05) is 25.6 Å². The number of aliphatic hydroxyl groups is 2. The molecule has 2 saturated heterocycles. The number of ether oxygens (including phenoxy) is 3. The van der Waals surface area contributed by atoms with Crippen LogP contribution in [0.4, 0.5) is 33.3 Å². The normalized spacial score (nSPS) is 23.8. The van der Waals surface area contributed by atoms with E-state index in [1.54, 1.807) is 42.5 Å². The molecule has 1 aliphatic carbocycles. The number of nitrogens with zero attached hydrogens (tertiary/aromatic N) is 7. The maximum Gasteiger partial charge on any atom is 0.418 e. The topological polar surface area (TPSA) is 265 Å². The number of fused-ring (bicyclic) bond motifs is 1. The highest BCUT2D eigenvalue weighted by atomic mass is 35.5. The number of hydrogen-bond acceptors (Lipinski definition) is 13. The van der Waals surface area contributed by atoms with Crippen LogP contribution in [-0.4, -0.2) is 139 Å². The Balaban J connectivity index is 0.862. The van der Waals surface area contributed by atoms with Crippen molar-refractivity contribution in [1.82, 2.24) is 30.1 Å². The molecular weight excluding hydrogens is 1080 g/mol. The van der Waals surface area contributed by atoms with Gasteiger partial charge in [-0.3, -0.25) is 28.9 Å². The molecule has 0 spiro atoms. The predicted molar refractivity (Wildman–Crippen MR) is 269 cm³/mol. The number of carbonyl (C=O) groups excluding carboxylic acids is 5. The molecule has 1 unspecified atom stereocenters. The highest BCUT2D eigenvalue weighted by Crippen LogP contribution is 2.40. The summed E-state index contributed by atoms with van der Waals surface area (Å²) in [6.07, 6.45) is -9.79. The molecule has 5 amide bonds. The number of imide groups is 1. The molecule has 4 heterocycles. The Morgan fingerprint density at radius 2 is 1.72 bits per heavy atom. The molecule has 1 aromatic heterocycles. The minimum atomic E-state index is -4.94. The van der Waals surface area contributed by atoms with Crippen molar-refractivity contribution in [2.24, 2.45) is 15.7 Å². The molecule has 27 heteroatoms. The summed E-state index contributed by atoms with van der Waals surface area (Å²) < 4.78 is 91.3. The number of likely N-dealkylation sites (tertiary alicyclic amines) is 1. The fourth-order valence-electron chi connectivity index (χ4n) is 9.50. The summed E-state index contributed by atoms with van der Waals surface area (Å²) in [5.41, 5.74) is 5.48. The zero-order chi connectivity index (χ0) is 55.9. The number of likely N-dealkylation sites (N-methyl/N-ethyl adjacent to an activating group) is 1. The van der Waals surface area contributed by atoms with E-state index in [0.717, 1.165) is 40.0 Å². The maximum atomic E-state index is 14.5. The Morgan fingerprint density at radius 3 is 2.40 bits per heavy atom. The summed E-state index contributed by atoms with van der Waals surface area (Å²) in [4.78, 5) is 75.7. The van der Waals surface area contributed by atoms with Gasteiger partial charge in [0, 0.05) is 66.3 Å². The minimum Gasteiger partial charge on any atom is -0.490 e. The Labute approximate surface area is 449 Å². The smallest absolute Gasteiger partial charge is 0.418 e. The summed E-state index contributed by atoms with van der Waals surface area (Å²) >= 11 is 11.8. The molecule has 3 fully saturated rings. The van der Waals surface area contributed by atoms with Crippen LogP contribution in [0.15, 0.2) is 89.0 Å². The van der Waals surface area contributed by atoms with Crippen molar-refractivity contribution in [3.8, 4) is 17.0 Å². The van der Waals surface area contributed by atoms with Gasteiger partial charge in [-0.2, -0.15) is 13.2 Å². The Bertz CT molecular complexity index is 3220. The van der Waals surface area contributed by atoms with Crippen molar-refractivity contribution < 1.29 is 70.3 Å². The van der Waals surface area contributed by atoms with Gasteiger partial charge in [-0.25, -0.2) is 23.4 Å². The maximum absolute atomic E-state index is 14.5. The highest BCUT2D eigenvalue weighted by molar-refractivity contribution is 6.31. The number of anilines is 1. The van der Waals surface area contributed by atoms with E-state index in [9.17, 15) is 56.1 Å². The average Bonchev–Trinajstić information content (AvgIpc) is 4.07. The summed E-state index contributed by atoms with van der Waals surface area (Å²) in [5, 5.41) is 34.9. The fourth-order valence-corrected chi connectivity index (χ4v) is 9.78. The molecule has 6 N–H and O–H groups in total. The summed E-state index contributed by atoms with van der Waals surface area (Å²) in [6.45, 7) is -0.223. The first-order valence-corrected chi connectivity index (χ1v) is 24.8. The number of hydrogen-bond donors (Lipinski definition) is 5. The lowest BCUT2D eigenvalue weighted by atomic mass is 9.89. The number of aromatic nitrogens is 3. The van der Waals surface area contributed by atoms with Crippen LogP contribution < -0.4 is 21.1 Å². The number of alkyl halides is 3. The third-order valence-electron chi connectivity index (χ3n) is 13.5. The van der Waals surface area contributed by atoms with Gasteiger partial charge in [0.05, 0.1) is 29.9 Å². The molecule has 78 heavy (non-hydrogen) atoms. The zero-order valence-corrected chi connectivity index (χ0v) is 42.6. The van der Waals surface area contributed by atoms with Gasteiger partial charge < -0.3 is 45.7 Å². The molecule has 410 valence electrons. The largest absolute Gasteiger partial charge is 0.490 e. The third-order valence-corrected chi connectivity index (χ3v) is 14.1. The molecule has 4 aliphatic rings. The molecule has 0 radical (unpaired) electrons. The quantitative estimate of drug-likeness (QED) is 0.0291. The number of piperidine rings is 1. The first-order valence-electron chi connectivity index (χ1n) is 24.1. The second-order valence-corrected chi connectivity index (χ2v) is 19.7. The average molecular weight is 1130 g/mol. The van der Waals surface area contributed by atoms with Gasteiger partial charge in [-0.15, -0.1) is 5.10 Å². The van der Waals surface area contributed by atoms with E-state index in [-0.39, 0.29) is 59.4 Å². The number of carbonyl (C=O) groups is 5. The second-order valence-electron chi connectivity index (χ2n) is 18.9. The number of aliphatic imine (C=N–C) groups is 2. The van der Waals surface area contributed by atoms with Crippen LogP contribution in [0.2, 0.25) is 10.0 Å². The zero-order valence-electron chi connectivity index (χ0n) is 41.1. The van der Waals surface area contributed by atoms with Crippen LogP contribution in [0.25, 0.3) is 11.3 Å². The minimum absolute atomic E-state index is 0.129. The number of rotatable bonds is 14. The van der Waals surface area contributed by atoms with E-state index in [1.807, 2.05) is 0 Å². The fraction of sp³-hybridized carbons (Fsp3) is 0.353. The lowest BCUT2D eigenvalue weighted by molar-refractivity contribution is -0.200. The lowest BCUT2D eigenvalue weighted by Crippen LogP contribution is -2.59. The third kappa shape index (κ3) is 11.7. The molecule has 0 bridgehead atoms. The van der Waals surface area contributed by atoms with Gasteiger partial charge in [0.15, 0.2) is 5.84 Å². The van der Waals surface area contributed by atoms with Crippen molar-refractivity contribution in [3.63, 3.8) is 0 Å². The summed E-state index contributed by atoms with van der Waals surface area (Å²) in [5.74, 6) is -4.83. The van der Waals surface area contributed by atoms with Crippen molar-refractivity contribution in [3.05, 3.63) is 123 Å². The molecule has 3 aliphatic heterocycles. The van der Waals surface area contributed by atoms with Gasteiger partial charge in [0.2, 0.25) is 11.8 Å². The van der Waals surface area contributed by atoms with Crippen LogP contribution in [0.3, 0.4) is 0 Å². The number of nitrogens with two attached hydrogens (primary N) is 1. The van der Waals surface area contributed by atoms with E-state index in [2.05, 4.69) is 30.9 Å². The number of aliphatic hydroxyl groups excluding tert-OH is 2. The number of nitrogens with one attached hydrogen (secondary N) is 2. The second kappa shape index (κ2) is 22.5. The van der Waals surface area contributed by atoms with Gasteiger partial charge in [0.1, 0.15) is 77.3 Å². The Kier molecular flexibility index (Phi) is 16.0. The molecular formula is C51H47Cl2F5N10O10. The van der Waals surface area contributed by atoms with E-state index >= 15 is 0 Å². The number of halogens is 7. The van der Waals surface area contributed by atoms with Crippen LogP contribution in [-0.2, 0) is 36.6 Å². The van der Waals surface area contributed by atoms with E-state index in [1.165, 1.54) is 18.9 Å². The first kappa shape index (κ1) is 55.3. The molecule has 1 saturated carbocycles. The van der Waals surface area contributed by atoms with Gasteiger partial charge in [0.25, 0.3) is 17.7 Å². The standard InChI is InChI=1S/C51H47Cl2F5N10O10/c1-23(59)60-47(63-36-16-27(52)5-10-33(36)51(56,57)58)46-45(43(44(72)39(21-69)78-46)68-20-37(64-65-68)25-14-34(54)42(53)35(55)15-25)76-22-40(70)61-29-17-31(18-29)77-30-7-3-24(4-8-30)48(73)62-28-6-9-32-26(13-28)19-67(49(32)74)38-11-12-41(71)66(2)50(38)75/h3-10,13-16,20,29,31,38-39,43-46,69,72H,11-12,17-19,21-22H2,1-2H3,(H,61,70)(H,62,73)(H2,59,60,63)/t29?,31?,38?,39-,43+,44+,45-,46-/m1/s1. The molecule has 5 aromatic rings. The lowest BCUT2D eigenvalue weighted by Gasteiger charge is -2.43. The van der Waals surface area contributed by atoms with Crippen LogP contribution in [0.1, 0.15) is 70.5 Å². The predicted octanol–water partition coefficient (Wildman–Crippen LogP) is 5.78. The van der Waals surface area contributed by atoms with Crippen LogP contribution in [0.5, 0.6) is 5.75 Å². The molecule has 20 nitrogen and oxygen atoms in total. The number of benzene rings is 4. The monoisotopic (exact) mass is 1120 g/mol. The van der Waals surface area contributed by atoms with Gasteiger partial charge in [-0.1, -0.05) is 28.4 Å². The van der Waals surface area contributed by atoms with Gasteiger partial charge in [-0.05, 0) is 91.7 Å². The van der Waals surface area contributed by atoms with Crippen LogP contribution in [0, 0.1) is 11.6 Å². The van der Waals surface area contributed by atoms with Crippen molar-refractivity contribution in [2.45, 2.75) is 94.0 Å². The number of amidine groups is 2. The summed E-state index contributed by atoms with van der Waals surface area (Å²) in [6, 6.07) is 12.8. The number of amides is 5.